The average molecular weight is 394 g/mol. The molecule has 0 saturated heterocycles. The molecule has 0 aromatic heterocycles. The molecule has 0 saturated carbocycles. The summed E-state index contributed by atoms with van der Waals surface area (Å²) in [6, 6.07) is 11.6. The molecule has 2 aromatic rings. The first-order chi connectivity index (χ1) is 13.7. The predicted octanol–water partition coefficient (Wildman–Crippen LogP) is 4.32. The third kappa shape index (κ3) is 3.72. The molecular formula is C22H26N4O3. The molecule has 2 heterocycles. The lowest BCUT2D eigenvalue weighted by Gasteiger charge is -2.26. The van der Waals surface area contributed by atoms with E-state index in [1.807, 2.05) is 44.2 Å². The van der Waals surface area contributed by atoms with Crippen molar-refractivity contribution in [2.24, 2.45) is 10.7 Å². The Balaban J connectivity index is 1.59. The number of primary amides is 1. The van der Waals surface area contributed by atoms with Gasteiger partial charge in [-0.2, -0.15) is 4.99 Å². The Kier molecular flexibility index (Phi) is 4.61. The van der Waals surface area contributed by atoms with E-state index < -0.39 is 6.03 Å². The second-order valence-corrected chi connectivity index (χ2v) is 8.28. The summed E-state index contributed by atoms with van der Waals surface area (Å²) >= 11 is 0. The van der Waals surface area contributed by atoms with Crippen LogP contribution in [0.5, 0.6) is 5.75 Å². The van der Waals surface area contributed by atoms with Crippen LogP contribution in [0, 0.1) is 0 Å². The van der Waals surface area contributed by atoms with Crippen molar-refractivity contribution in [2.75, 3.05) is 10.2 Å². The summed E-state index contributed by atoms with van der Waals surface area (Å²) in [4.78, 5) is 17.9. The van der Waals surface area contributed by atoms with Crippen LogP contribution >= 0.6 is 0 Å². The zero-order chi connectivity index (χ0) is 20.8. The van der Waals surface area contributed by atoms with Crippen molar-refractivity contribution in [3.8, 4) is 5.75 Å². The predicted molar refractivity (Wildman–Crippen MR) is 114 cm³/mol. The number of nitrogens with two attached hydrogens (primary N) is 1. The number of anilines is 2. The number of para-hydroxylation sites is 1. The van der Waals surface area contributed by atoms with Gasteiger partial charge in [0.1, 0.15) is 18.0 Å². The molecule has 0 spiro atoms. The number of carbonyl (C=O) groups excluding carboxylic acids is 1. The van der Waals surface area contributed by atoms with Gasteiger partial charge in [-0.05, 0) is 52.0 Å². The van der Waals surface area contributed by atoms with E-state index in [1.165, 1.54) is 5.56 Å². The lowest BCUT2D eigenvalue weighted by Crippen LogP contribution is -2.41. The number of amidine groups is 1. The molecule has 2 aliphatic heterocycles. The molecule has 4 rings (SSSR count). The fraction of sp³-hybridized carbons (Fsp3) is 0.364. The second kappa shape index (κ2) is 6.99. The van der Waals surface area contributed by atoms with Gasteiger partial charge in [-0.1, -0.05) is 12.1 Å². The number of hydrogen-bond donors (Lipinski definition) is 2. The largest absolute Gasteiger partial charge is 0.485 e. The highest BCUT2D eigenvalue weighted by atomic mass is 16.5. The number of hydrogen-bond acceptors (Lipinski definition) is 5. The maximum atomic E-state index is 11.8. The van der Waals surface area contributed by atoms with Crippen molar-refractivity contribution < 1.29 is 14.3 Å². The summed E-state index contributed by atoms with van der Waals surface area (Å²) in [6.07, 6.45) is 0.864. The molecule has 2 aliphatic rings. The molecule has 0 radical (unpaired) electrons. The number of carbonyl (C=O) groups is 1. The molecule has 0 unspecified atom stereocenters. The van der Waals surface area contributed by atoms with Crippen LogP contribution in [0.3, 0.4) is 0 Å². The monoisotopic (exact) mass is 394 g/mol. The molecule has 0 atom stereocenters. The smallest absolute Gasteiger partial charge is 0.319 e. The Hall–Kier alpha value is -3.22. The van der Waals surface area contributed by atoms with E-state index in [2.05, 4.69) is 30.2 Å². The average Bonchev–Trinajstić information content (AvgIpc) is 2.96. The van der Waals surface area contributed by atoms with E-state index in [1.54, 1.807) is 4.90 Å². The Morgan fingerprint density at radius 2 is 2.03 bits per heavy atom. The van der Waals surface area contributed by atoms with Gasteiger partial charge >= 0.3 is 6.03 Å². The number of urea groups is 1. The number of rotatable bonds is 3. The van der Waals surface area contributed by atoms with Gasteiger partial charge in [-0.15, -0.1) is 0 Å². The first kappa shape index (κ1) is 19.1. The molecular weight excluding hydrogens is 368 g/mol. The molecule has 0 aliphatic carbocycles. The van der Waals surface area contributed by atoms with Crippen molar-refractivity contribution in [3.05, 3.63) is 47.5 Å². The van der Waals surface area contributed by atoms with Crippen LogP contribution in [0.25, 0.3) is 0 Å². The van der Waals surface area contributed by atoms with E-state index in [0.29, 0.717) is 12.6 Å². The van der Waals surface area contributed by atoms with Gasteiger partial charge < -0.3 is 20.5 Å². The van der Waals surface area contributed by atoms with Crippen LogP contribution in [0.15, 0.2) is 41.4 Å². The van der Waals surface area contributed by atoms with Crippen molar-refractivity contribution in [3.63, 3.8) is 0 Å². The normalized spacial score (nSPS) is 16.2. The summed E-state index contributed by atoms with van der Waals surface area (Å²) in [5, 5.41) is 3.25. The van der Waals surface area contributed by atoms with Gasteiger partial charge in [-0.25, -0.2) is 4.79 Å². The van der Waals surface area contributed by atoms with Gasteiger partial charge in [0.15, 0.2) is 0 Å². The van der Waals surface area contributed by atoms with Crippen LogP contribution in [0.1, 0.15) is 38.8 Å². The molecule has 0 fully saturated rings. The second-order valence-electron chi connectivity index (χ2n) is 8.28. The van der Waals surface area contributed by atoms with Crippen molar-refractivity contribution in [1.82, 2.24) is 0 Å². The van der Waals surface area contributed by atoms with Crippen LogP contribution < -0.4 is 20.7 Å². The minimum Gasteiger partial charge on any atom is -0.485 e. The lowest BCUT2D eigenvalue weighted by atomic mass is 10.0. The number of ether oxygens (including phenoxy) is 2. The molecule has 29 heavy (non-hydrogen) atoms. The summed E-state index contributed by atoms with van der Waals surface area (Å²) in [5.74, 6) is 0.846. The Morgan fingerprint density at radius 3 is 2.76 bits per heavy atom. The van der Waals surface area contributed by atoms with Crippen LogP contribution in [0.2, 0.25) is 0 Å². The molecule has 3 N–H and O–H groups in total. The van der Waals surface area contributed by atoms with Crippen molar-refractivity contribution in [1.29, 1.82) is 0 Å². The van der Waals surface area contributed by atoms with E-state index >= 15 is 0 Å². The topological polar surface area (TPSA) is 89.2 Å². The fourth-order valence-corrected chi connectivity index (χ4v) is 3.81. The first-order valence-electron chi connectivity index (χ1n) is 9.74. The van der Waals surface area contributed by atoms with Gasteiger partial charge in [0.2, 0.25) is 0 Å². The maximum Gasteiger partial charge on any atom is 0.319 e. The lowest BCUT2D eigenvalue weighted by molar-refractivity contribution is 0.139. The van der Waals surface area contributed by atoms with Gasteiger partial charge in [0, 0.05) is 29.3 Å². The van der Waals surface area contributed by atoms with Crippen LogP contribution in [-0.4, -0.2) is 23.7 Å². The first-order valence-corrected chi connectivity index (χ1v) is 9.74. The molecule has 7 nitrogen and oxygen atoms in total. The summed E-state index contributed by atoms with van der Waals surface area (Å²) in [6.45, 7) is 8.34. The zero-order valence-electron chi connectivity index (χ0n) is 17.2. The van der Waals surface area contributed by atoms with Gasteiger partial charge in [-0.3, -0.25) is 4.90 Å². The van der Waals surface area contributed by atoms with Crippen LogP contribution in [0.4, 0.5) is 21.9 Å². The molecule has 152 valence electrons. The molecule has 7 heteroatoms. The summed E-state index contributed by atoms with van der Waals surface area (Å²) in [5.41, 5.74) is 9.74. The standard InChI is InChI=1S/C22H26N4O3/c1-13(2)26(20(23)27)16-8-9-17-15(10-16)12-28-21(24-17)25-18-7-5-6-14-11-22(3,4)29-19(14)18/h5-10,13H,11-12H2,1-4H3,(H2,23,27)(H,24,25). The zero-order valence-corrected chi connectivity index (χ0v) is 17.2. The SMILES string of the molecule is CC(C)N(C(N)=O)c1ccc2c(c1)COC(Nc1cccc3c1OC(C)(C)C3)=N2. The van der Waals surface area contributed by atoms with Crippen molar-refractivity contribution in [2.45, 2.75) is 52.4 Å². The number of nitrogens with zero attached hydrogens (tertiary/aromatic N) is 2. The Labute approximate surface area is 170 Å². The third-order valence-electron chi connectivity index (χ3n) is 5.01. The minimum atomic E-state index is -0.483. The number of benzene rings is 2. The van der Waals surface area contributed by atoms with E-state index in [0.717, 1.165) is 34.8 Å². The molecule has 2 amide bonds. The molecule has 2 aromatic carbocycles. The maximum absolute atomic E-state index is 11.8. The highest BCUT2D eigenvalue weighted by Crippen LogP contribution is 2.41. The molecule has 0 bridgehead atoms. The summed E-state index contributed by atoms with van der Waals surface area (Å²) < 4.78 is 11.9. The van der Waals surface area contributed by atoms with Crippen molar-refractivity contribution >= 4 is 29.1 Å². The number of aliphatic imine (C=N–C) groups is 1. The fourth-order valence-electron chi connectivity index (χ4n) is 3.81. The highest BCUT2D eigenvalue weighted by Gasteiger charge is 2.32. The minimum absolute atomic E-state index is 0.0415. The highest BCUT2D eigenvalue weighted by molar-refractivity contribution is 5.95. The van der Waals surface area contributed by atoms with Gasteiger partial charge in [0.25, 0.3) is 6.02 Å². The Bertz CT molecular complexity index is 998. The quantitative estimate of drug-likeness (QED) is 0.811. The third-order valence-corrected chi connectivity index (χ3v) is 5.01. The summed E-state index contributed by atoms with van der Waals surface area (Å²) in [7, 11) is 0. The van der Waals surface area contributed by atoms with E-state index in [4.69, 9.17) is 15.2 Å². The van der Waals surface area contributed by atoms with Crippen LogP contribution in [-0.2, 0) is 17.8 Å². The van der Waals surface area contributed by atoms with E-state index in [9.17, 15) is 4.79 Å². The van der Waals surface area contributed by atoms with Gasteiger partial charge in [0.05, 0.1) is 11.4 Å². The van der Waals surface area contributed by atoms with E-state index in [-0.39, 0.29) is 11.6 Å². The number of nitrogens with one attached hydrogen (secondary N) is 1. The number of fused-ring (bicyclic) bond motifs is 2. The number of amides is 2. The Morgan fingerprint density at radius 1 is 1.24 bits per heavy atom.